The molecule has 0 saturated carbocycles. The molecule has 2 aliphatic rings. The molecule has 2 amide bonds. The lowest BCUT2D eigenvalue weighted by atomic mass is 9.82. The Labute approximate surface area is 120 Å². The third kappa shape index (κ3) is 3.42. The van der Waals surface area contributed by atoms with Gasteiger partial charge in [0.05, 0.1) is 0 Å². The number of piperidine rings is 2. The highest BCUT2D eigenvalue weighted by atomic mass is 16.4. The monoisotopic (exact) mass is 283 g/mol. The summed E-state index contributed by atoms with van der Waals surface area (Å²) in [6.45, 7) is 1.98. The van der Waals surface area contributed by atoms with E-state index in [1.807, 2.05) is 0 Å². The Bertz CT molecular complexity index is 361. The molecule has 6 nitrogen and oxygen atoms in total. The topological polar surface area (TPSA) is 72.9 Å². The highest BCUT2D eigenvalue weighted by Gasteiger charge is 2.36. The van der Waals surface area contributed by atoms with Gasteiger partial charge in [0, 0.05) is 24.7 Å². The smallest absolute Gasteiger partial charge is 0.323 e. The Balaban J connectivity index is 1.89. The molecule has 2 atom stereocenters. The number of nitrogens with one attached hydrogen (secondary N) is 1. The van der Waals surface area contributed by atoms with Crippen LogP contribution in [0.5, 0.6) is 0 Å². The zero-order chi connectivity index (χ0) is 14.7. The van der Waals surface area contributed by atoms with E-state index in [0.717, 1.165) is 12.8 Å². The largest absolute Gasteiger partial charge is 0.480 e. The molecule has 0 aromatic heterocycles. The summed E-state index contributed by atoms with van der Waals surface area (Å²) in [5.41, 5.74) is 0. The average molecular weight is 283 g/mol. The van der Waals surface area contributed by atoms with Crippen molar-refractivity contribution >= 4 is 12.0 Å². The van der Waals surface area contributed by atoms with E-state index in [1.165, 1.54) is 24.2 Å². The fourth-order valence-electron chi connectivity index (χ4n) is 3.49. The first-order valence-corrected chi connectivity index (χ1v) is 7.50. The minimum atomic E-state index is -0.970. The van der Waals surface area contributed by atoms with Gasteiger partial charge in [-0.05, 0) is 39.7 Å². The van der Waals surface area contributed by atoms with E-state index >= 15 is 0 Å². The molecule has 0 spiro atoms. The molecule has 114 valence electrons. The highest BCUT2D eigenvalue weighted by molar-refractivity contribution is 5.80. The summed E-state index contributed by atoms with van der Waals surface area (Å²) in [5, 5.41) is 11.8. The first kappa shape index (κ1) is 15.1. The van der Waals surface area contributed by atoms with Gasteiger partial charge in [0.1, 0.15) is 6.54 Å². The predicted molar refractivity (Wildman–Crippen MR) is 75.6 cm³/mol. The summed E-state index contributed by atoms with van der Waals surface area (Å²) in [7, 11) is 2.18. The van der Waals surface area contributed by atoms with Gasteiger partial charge in [-0.25, -0.2) is 4.79 Å². The van der Waals surface area contributed by atoms with E-state index in [2.05, 4.69) is 17.3 Å². The van der Waals surface area contributed by atoms with Gasteiger partial charge in [-0.15, -0.1) is 0 Å². The van der Waals surface area contributed by atoms with Crippen molar-refractivity contribution in [1.82, 2.24) is 15.1 Å². The maximum atomic E-state index is 12.1. The molecule has 2 bridgehead atoms. The van der Waals surface area contributed by atoms with Crippen LogP contribution in [0, 0.1) is 0 Å². The van der Waals surface area contributed by atoms with Crippen molar-refractivity contribution in [2.45, 2.75) is 57.2 Å². The number of carboxylic acids is 1. The van der Waals surface area contributed by atoms with E-state index < -0.39 is 5.97 Å². The minimum absolute atomic E-state index is 0.178. The summed E-state index contributed by atoms with van der Waals surface area (Å²) >= 11 is 0. The number of hydrogen-bond donors (Lipinski definition) is 2. The number of fused-ring (bicyclic) bond motifs is 2. The maximum absolute atomic E-state index is 12.1. The Hall–Kier alpha value is -1.30. The molecule has 20 heavy (non-hydrogen) atoms. The second-order valence-corrected chi connectivity index (χ2v) is 5.93. The Morgan fingerprint density at radius 3 is 2.40 bits per heavy atom. The first-order chi connectivity index (χ1) is 9.51. The quantitative estimate of drug-likeness (QED) is 0.811. The fourth-order valence-corrected chi connectivity index (χ4v) is 3.49. The second-order valence-electron chi connectivity index (χ2n) is 5.93. The second kappa shape index (κ2) is 6.43. The number of likely N-dealkylation sites (N-methyl/N-ethyl adjacent to an activating group) is 1. The van der Waals surface area contributed by atoms with Crippen molar-refractivity contribution in [2.75, 3.05) is 20.1 Å². The van der Waals surface area contributed by atoms with Crippen LogP contribution in [-0.2, 0) is 4.79 Å². The van der Waals surface area contributed by atoms with Crippen molar-refractivity contribution in [1.29, 1.82) is 0 Å². The van der Waals surface area contributed by atoms with Gasteiger partial charge >= 0.3 is 12.0 Å². The van der Waals surface area contributed by atoms with Crippen LogP contribution in [0.25, 0.3) is 0 Å². The lowest BCUT2D eigenvalue weighted by molar-refractivity contribution is -0.137. The number of carbonyl (C=O) groups is 2. The number of rotatable bonds is 4. The number of carboxylic acid groups (broad SMARTS) is 1. The number of carbonyl (C=O) groups excluding carboxylic acids is 1. The van der Waals surface area contributed by atoms with Gasteiger partial charge < -0.3 is 20.2 Å². The van der Waals surface area contributed by atoms with Gasteiger partial charge in [0.2, 0.25) is 0 Å². The van der Waals surface area contributed by atoms with Crippen LogP contribution in [0.2, 0.25) is 0 Å². The molecule has 0 radical (unpaired) electrons. The fraction of sp³-hybridized carbons (Fsp3) is 0.857. The molecule has 6 heteroatoms. The third-order valence-electron chi connectivity index (χ3n) is 4.66. The van der Waals surface area contributed by atoms with Crippen LogP contribution in [0.4, 0.5) is 4.79 Å². The Morgan fingerprint density at radius 1 is 1.30 bits per heavy atom. The predicted octanol–water partition coefficient (Wildman–Crippen LogP) is 1.12. The molecular weight excluding hydrogens is 258 g/mol. The molecule has 2 fully saturated rings. The number of amides is 2. The molecule has 2 unspecified atom stereocenters. The van der Waals surface area contributed by atoms with Crippen LogP contribution < -0.4 is 5.32 Å². The molecule has 2 N–H and O–H groups in total. The first-order valence-electron chi connectivity index (χ1n) is 7.50. The zero-order valence-electron chi connectivity index (χ0n) is 12.3. The van der Waals surface area contributed by atoms with Crippen LogP contribution in [0.3, 0.4) is 0 Å². The summed E-state index contributed by atoms with van der Waals surface area (Å²) < 4.78 is 0. The number of urea groups is 1. The van der Waals surface area contributed by atoms with Crippen molar-refractivity contribution < 1.29 is 14.7 Å². The van der Waals surface area contributed by atoms with Crippen LogP contribution in [-0.4, -0.2) is 65.2 Å². The lowest BCUT2D eigenvalue weighted by Gasteiger charge is -2.47. The van der Waals surface area contributed by atoms with E-state index in [0.29, 0.717) is 18.6 Å². The molecular formula is C14H25N3O3. The maximum Gasteiger partial charge on any atom is 0.323 e. The number of aliphatic carboxylic acids is 1. The van der Waals surface area contributed by atoms with Crippen LogP contribution in [0.1, 0.15) is 39.0 Å². The average Bonchev–Trinajstić information content (AvgIpc) is 2.36. The zero-order valence-corrected chi connectivity index (χ0v) is 12.3. The summed E-state index contributed by atoms with van der Waals surface area (Å²) in [4.78, 5) is 26.6. The molecule has 2 heterocycles. The summed E-state index contributed by atoms with van der Waals surface area (Å²) in [5.74, 6) is -0.970. The molecule has 2 aliphatic heterocycles. The van der Waals surface area contributed by atoms with E-state index in [4.69, 9.17) is 5.11 Å². The lowest BCUT2D eigenvalue weighted by Crippen LogP contribution is -2.57. The van der Waals surface area contributed by atoms with Gasteiger partial charge in [-0.2, -0.15) is 0 Å². The third-order valence-corrected chi connectivity index (χ3v) is 4.66. The minimum Gasteiger partial charge on any atom is -0.480 e. The molecule has 0 aromatic rings. The van der Waals surface area contributed by atoms with Crippen molar-refractivity contribution in [2.24, 2.45) is 0 Å². The Kier molecular flexibility index (Phi) is 4.86. The van der Waals surface area contributed by atoms with Crippen molar-refractivity contribution in [3.63, 3.8) is 0 Å². The summed E-state index contributed by atoms with van der Waals surface area (Å²) in [6, 6.07) is 1.05. The normalized spacial score (nSPS) is 29.8. The van der Waals surface area contributed by atoms with Gasteiger partial charge in [-0.3, -0.25) is 4.79 Å². The van der Waals surface area contributed by atoms with Crippen LogP contribution in [0.15, 0.2) is 0 Å². The van der Waals surface area contributed by atoms with Crippen molar-refractivity contribution in [3.8, 4) is 0 Å². The van der Waals surface area contributed by atoms with E-state index in [-0.39, 0.29) is 18.6 Å². The van der Waals surface area contributed by atoms with Gasteiger partial charge in [0.25, 0.3) is 0 Å². The van der Waals surface area contributed by atoms with Crippen molar-refractivity contribution in [3.05, 3.63) is 0 Å². The SMILES string of the molecule is CCN(CC(=O)O)C(=O)NC1CC2CCCC(C1)N2C. The van der Waals surface area contributed by atoms with E-state index in [9.17, 15) is 9.59 Å². The molecule has 2 saturated heterocycles. The molecule has 2 rings (SSSR count). The number of hydrogen-bond acceptors (Lipinski definition) is 3. The Morgan fingerprint density at radius 2 is 1.90 bits per heavy atom. The van der Waals surface area contributed by atoms with Gasteiger partial charge in [0.15, 0.2) is 0 Å². The standard InChI is InChI=1S/C14H25N3O3/c1-3-17(9-13(18)19)14(20)15-10-7-11-5-4-6-12(8-10)16(11)2/h10-12H,3-9H2,1-2H3,(H,15,20)(H,18,19). The highest BCUT2D eigenvalue weighted by Crippen LogP contribution is 2.32. The molecule has 0 aromatic carbocycles. The van der Waals surface area contributed by atoms with E-state index in [1.54, 1.807) is 6.92 Å². The molecule has 0 aliphatic carbocycles. The number of nitrogens with zero attached hydrogens (tertiary/aromatic N) is 2. The summed E-state index contributed by atoms with van der Waals surface area (Å²) in [6.07, 6.45) is 5.63. The van der Waals surface area contributed by atoms with Crippen LogP contribution >= 0.6 is 0 Å². The van der Waals surface area contributed by atoms with Gasteiger partial charge in [-0.1, -0.05) is 6.42 Å².